The molecule has 0 aliphatic heterocycles. The number of hydrogen-bond acceptors (Lipinski definition) is 10. The average molecular weight is 652 g/mol. The van der Waals surface area contributed by atoms with Crippen molar-refractivity contribution in [3.8, 4) is 0 Å². The van der Waals surface area contributed by atoms with Gasteiger partial charge in [0.15, 0.2) is 0 Å². The largest absolute Gasteiger partial charge is 0.462 e. The number of rotatable bonds is 9. The maximum atomic E-state index is 12.6. The van der Waals surface area contributed by atoms with Crippen LogP contribution in [0.5, 0.6) is 0 Å². The zero-order valence-electron chi connectivity index (χ0n) is 23.3. The Morgan fingerprint density at radius 3 is 1.45 bits per heavy atom. The number of allylic oxidation sites excluding steroid dienone is 2. The summed E-state index contributed by atoms with van der Waals surface area (Å²) in [6.45, 7) is 6.59. The smallest absolute Gasteiger partial charge is 0.341 e. The minimum absolute atomic E-state index is 0.208. The van der Waals surface area contributed by atoms with Gasteiger partial charge in [-0.25, -0.2) is 9.59 Å². The van der Waals surface area contributed by atoms with E-state index < -0.39 is 11.9 Å². The fourth-order valence-corrected chi connectivity index (χ4v) is 7.83. The van der Waals surface area contributed by atoms with Gasteiger partial charge in [0.1, 0.15) is 10.0 Å². The third-order valence-electron chi connectivity index (χ3n) is 6.30. The molecule has 0 unspecified atom stereocenters. The molecule has 2 amide bonds. The van der Waals surface area contributed by atoms with Crippen LogP contribution < -0.4 is 10.6 Å². The number of nitrogens with one attached hydrogen (secondary N) is 2. The monoisotopic (exact) mass is 650 g/mol. The number of anilines is 2. The highest BCUT2D eigenvalue weighted by atomic mass is 35.5. The number of thiophene rings is 2. The second kappa shape index (κ2) is 13.8. The molecule has 2 aromatic heterocycles. The lowest BCUT2D eigenvalue weighted by Crippen LogP contribution is -2.13. The Balaban J connectivity index is 1.59. The maximum absolute atomic E-state index is 12.6. The first kappa shape index (κ1) is 31.6. The second-order valence-corrected chi connectivity index (χ2v) is 12.0. The molecule has 0 atom stereocenters. The molecule has 0 radical (unpaired) electrons. The van der Waals surface area contributed by atoms with Crippen LogP contribution in [0.25, 0.3) is 10.1 Å². The number of amides is 2. The summed E-state index contributed by atoms with van der Waals surface area (Å²) in [6.07, 6.45) is 5.17. The van der Waals surface area contributed by atoms with Crippen LogP contribution in [0.1, 0.15) is 82.1 Å². The number of halogens is 2. The summed E-state index contributed by atoms with van der Waals surface area (Å²) in [4.78, 5) is 50.1. The minimum atomic E-state index is -0.505. The van der Waals surface area contributed by atoms with Crippen molar-refractivity contribution in [1.29, 1.82) is 0 Å². The van der Waals surface area contributed by atoms with Crippen LogP contribution in [0, 0.1) is 0 Å². The molecule has 0 bridgehead atoms. The first-order chi connectivity index (χ1) is 20.1. The van der Waals surface area contributed by atoms with Gasteiger partial charge in [-0.3, -0.25) is 9.59 Å². The molecular weight excluding hydrogens is 623 g/mol. The molecule has 0 fully saturated rings. The zero-order valence-corrected chi connectivity index (χ0v) is 26.5. The molecule has 2 aliphatic carbocycles. The SMILES string of the molecule is CCOC(=O)c1c(NC(C)=O)sc2c1CCC(/C=N\N=C/C1=C(Cl)c3sc(NC(C)=O)c(C(=O)OCC)c3CC1)=C2Cl. The fourth-order valence-electron chi connectivity index (χ4n) is 4.58. The topological polar surface area (TPSA) is 136 Å². The van der Waals surface area contributed by atoms with Gasteiger partial charge in [-0.1, -0.05) is 23.2 Å². The molecular formula is C28H28Cl2N4O6S2. The summed E-state index contributed by atoms with van der Waals surface area (Å²) in [5.74, 6) is -1.61. The predicted molar refractivity (Wildman–Crippen MR) is 168 cm³/mol. The summed E-state index contributed by atoms with van der Waals surface area (Å²) in [7, 11) is 0. The summed E-state index contributed by atoms with van der Waals surface area (Å²) in [5, 5.41) is 15.4. The van der Waals surface area contributed by atoms with E-state index in [1.807, 2.05) is 0 Å². The maximum Gasteiger partial charge on any atom is 0.341 e. The van der Waals surface area contributed by atoms with E-state index in [2.05, 4.69) is 20.8 Å². The molecule has 0 saturated heterocycles. The lowest BCUT2D eigenvalue weighted by atomic mass is 9.95. The number of fused-ring (bicyclic) bond motifs is 2. The lowest BCUT2D eigenvalue weighted by Gasteiger charge is -2.15. The van der Waals surface area contributed by atoms with Crippen LogP contribution in [0.15, 0.2) is 21.3 Å². The van der Waals surface area contributed by atoms with Gasteiger partial charge in [-0.05, 0) is 61.8 Å². The van der Waals surface area contributed by atoms with Crippen LogP contribution in [0.3, 0.4) is 0 Å². The third kappa shape index (κ3) is 6.67. The van der Waals surface area contributed by atoms with Crippen molar-refractivity contribution in [3.63, 3.8) is 0 Å². The van der Waals surface area contributed by atoms with Gasteiger partial charge >= 0.3 is 11.9 Å². The van der Waals surface area contributed by atoms with Gasteiger partial charge in [-0.15, -0.1) is 22.7 Å². The summed E-state index contributed by atoms with van der Waals surface area (Å²) < 4.78 is 10.4. The molecule has 2 N–H and O–H groups in total. The number of nitrogens with zero attached hydrogens (tertiary/aromatic N) is 2. The molecule has 10 nitrogen and oxygen atoms in total. The Morgan fingerprint density at radius 1 is 0.738 bits per heavy atom. The summed E-state index contributed by atoms with van der Waals surface area (Å²) in [5.41, 5.74) is 3.60. The van der Waals surface area contributed by atoms with E-state index in [9.17, 15) is 19.2 Å². The standard InChI is InChI=1S/C28H28Cl2N4O6S2/c1-5-39-27(37)19-17-9-7-15(21(29)23(17)41-25(19)33-13(3)35)11-31-32-12-16-8-10-18-20(28(38)40-6-2)26(34-14(4)36)42-24(18)22(16)30/h11-12H,5-10H2,1-4H3,(H,33,35)(H,34,36)/b31-11-,32-12-. The van der Waals surface area contributed by atoms with E-state index in [1.54, 1.807) is 26.3 Å². The van der Waals surface area contributed by atoms with Crippen LogP contribution in [-0.4, -0.2) is 49.4 Å². The van der Waals surface area contributed by atoms with Crippen LogP contribution in [0.2, 0.25) is 0 Å². The molecule has 0 saturated carbocycles. The van der Waals surface area contributed by atoms with E-state index >= 15 is 0 Å². The first-order valence-corrected chi connectivity index (χ1v) is 15.5. The molecule has 42 heavy (non-hydrogen) atoms. The van der Waals surface area contributed by atoms with Crippen molar-refractivity contribution in [2.75, 3.05) is 23.8 Å². The van der Waals surface area contributed by atoms with E-state index in [4.69, 9.17) is 32.7 Å². The van der Waals surface area contributed by atoms with Crippen molar-refractivity contribution in [2.45, 2.75) is 53.4 Å². The molecule has 0 aromatic carbocycles. The van der Waals surface area contributed by atoms with E-state index in [-0.39, 0.29) is 25.0 Å². The Bertz CT molecular complexity index is 1470. The zero-order chi connectivity index (χ0) is 30.6. The Labute approximate surface area is 260 Å². The summed E-state index contributed by atoms with van der Waals surface area (Å²) >= 11 is 15.9. The second-order valence-electron chi connectivity index (χ2n) is 9.20. The molecule has 222 valence electrons. The lowest BCUT2D eigenvalue weighted by molar-refractivity contribution is -0.115. The van der Waals surface area contributed by atoms with Crippen molar-refractivity contribution in [1.82, 2.24) is 0 Å². The highest BCUT2D eigenvalue weighted by molar-refractivity contribution is 7.19. The van der Waals surface area contributed by atoms with Crippen LogP contribution in [-0.2, 0) is 31.9 Å². The van der Waals surface area contributed by atoms with Crippen molar-refractivity contribution in [2.24, 2.45) is 10.2 Å². The van der Waals surface area contributed by atoms with Crippen molar-refractivity contribution >= 4 is 102 Å². The molecule has 2 aliphatic rings. The number of esters is 2. The quantitative estimate of drug-likeness (QED) is 0.178. The number of carbonyl (C=O) groups excluding carboxylic acids is 4. The Hall–Kier alpha value is -3.32. The average Bonchev–Trinajstić information content (AvgIpc) is 3.47. The number of ether oxygens (including phenoxy) is 2. The Morgan fingerprint density at radius 2 is 1.12 bits per heavy atom. The number of hydrogen-bond donors (Lipinski definition) is 2. The molecule has 14 heteroatoms. The van der Waals surface area contributed by atoms with Gasteiger partial charge in [0.25, 0.3) is 0 Å². The van der Waals surface area contributed by atoms with Gasteiger partial charge in [0.05, 0.1) is 56.6 Å². The molecule has 0 spiro atoms. The van der Waals surface area contributed by atoms with Gasteiger partial charge in [0.2, 0.25) is 11.8 Å². The highest BCUT2D eigenvalue weighted by Gasteiger charge is 2.31. The van der Waals surface area contributed by atoms with Crippen molar-refractivity contribution < 1.29 is 28.7 Å². The van der Waals surface area contributed by atoms with E-state index in [1.165, 1.54) is 36.5 Å². The minimum Gasteiger partial charge on any atom is -0.462 e. The summed E-state index contributed by atoms with van der Waals surface area (Å²) in [6, 6.07) is 0. The first-order valence-electron chi connectivity index (χ1n) is 13.1. The fraction of sp³-hybridized carbons (Fsp3) is 0.357. The number of carbonyl (C=O) groups is 4. The van der Waals surface area contributed by atoms with Gasteiger partial charge < -0.3 is 20.1 Å². The molecule has 4 rings (SSSR count). The van der Waals surface area contributed by atoms with Gasteiger partial charge in [-0.2, -0.15) is 10.2 Å². The predicted octanol–water partition coefficient (Wildman–Crippen LogP) is 6.63. The highest BCUT2D eigenvalue weighted by Crippen LogP contribution is 2.46. The molecule has 2 aromatic rings. The Kier molecular flexibility index (Phi) is 10.4. The van der Waals surface area contributed by atoms with E-state index in [0.29, 0.717) is 66.6 Å². The van der Waals surface area contributed by atoms with Crippen molar-refractivity contribution in [3.05, 3.63) is 43.2 Å². The third-order valence-corrected chi connectivity index (χ3v) is 9.71. The van der Waals surface area contributed by atoms with Crippen LogP contribution in [0.4, 0.5) is 10.0 Å². The van der Waals surface area contributed by atoms with E-state index in [0.717, 1.165) is 22.3 Å². The van der Waals surface area contributed by atoms with Crippen LogP contribution >= 0.6 is 45.9 Å². The normalized spacial score (nSPS) is 14.7. The molecule has 2 heterocycles. The van der Waals surface area contributed by atoms with Gasteiger partial charge in [0, 0.05) is 13.8 Å².